The first kappa shape index (κ1) is 18.4. The van der Waals surface area contributed by atoms with Gasteiger partial charge in [-0.15, -0.1) is 10.2 Å². The van der Waals surface area contributed by atoms with Crippen molar-refractivity contribution in [3.05, 3.63) is 54.8 Å². The number of rotatable bonds is 4. The first-order chi connectivity index (χ1) is 14.6. The minimum absolute atomic E-state index is 0.0991. The lowest BCUT2D eigenvalue weighted by atomic mass is 10.1. The van der Waals surface area contributed by atoms with Crippen LogP contribution in [0.4, 0.5) is 5.82 Å². The molecule has 1 aliphatic rings. The number of hydrogen-bond donors (Lipinski definition) is 0. The van der Waals surface area contributed by atoms with Crippen molar-refractivity contribution in [2.45, 2.75) is 46.2 Å². The summed E-state index contributed by atoms with van der Waals surface area (Å²) < 4.78 is 3.97. The molecule has 9 heteroatoms. The molecule has 5 rings (SSSR count). The topological polar surface area (TPSA) is 90.4 Å². The van der Waals surface area contributed by atoms with Gasteiger partial charge in [-0.25, -0.2) is 9.97 Å². The minimum Gasteiger partial charge on any atom is -0.342 e. The largest absolute Gasteiger partial charge is 0.342 e. The highest BCUT2D eigenvalue weighted by atomic mass is 15.4. The summed E-state index contributed by atoms with van der Waals surface area (Å²) in [6.45, 7) is 8.47. The fourth-order valence-electron chi connectivity index (χ4n) is 4.14. The van der Waals surface area contributed by atoms with Crippen LogP contribution >= 0.6 is 0 Å². The predicted molar refractivity (Wildman–Crippen MR) is 113 cm³/mol. The lowest BCUT2D eigenvalue weighted by Gasteiger charge is -2.39. The van der Waals surface area contributed by atoms with Gasteiger partial charge in [-0.1, -0.05) is 6.92 Å². The quantitative estimate of drug-likeness (QED) is 0.518. The average molecular weight is 401 g/mol. The molecule has 4 aromatic rings. The molecule has 0 unspecified atom stereocenters. The van der Waals surface area contributed by atoms with Crippen LogP contribution in [0.5, 0.6) is 0 Å². The van der Waals surface area contributed by atoms with Crippen LogP contribution in [0.1, 0.15) is 44.9 Å². The monoisotopic (exact) mass is 401 g/mol. The third-order valence-corrected chi connectivity index (χ3v) is 5.43. The number of fused-ring (bicyclic) bond motifs is 3. The highest BCUT2D eigenvalue weighted by Gasteiger charge is 2.36. The molecule has 0 bridgehead atoms. The van der Waals surface area contributed by atoms with Gasteiger partial charge in [-0.2, -0.15) is 4.98 Å². The molecule has 4 aromatic heterocycles. The van der Waals surface area contributed by atoms with E-state index in [2.05, 4.69) is 55.4 Å². The highest BCUT2D eigenvalue weighted by Crippen LogP contribution is 2.40. The summed E-state index contributed by atoms with van der Waals surface area (Å²) in [5.74, 6) is 3.97. The van der Waals surface area contributed by atoms with Gasteiger partial charge in [0, 0.05) is 36.4 Å². The Balaban J connectivity index is 1.70. The lowest BCUT2D eigenvalue weighted by Crippen LogP contribution is -2.40. The van der Waals surface area contributed by atoms with Gasteiger partial charge < -0.3 is 4.90 Å². The second-order valence-electron chi connectivity index (χ2n) is 7.61. The van der Waals surface area contributed by atoms with Crippen molar-refractivity contribution < 1.29 is 0 Å². The molecule has 0 radical (unpaired) electrons. The number of anilines is 1. The molecule has 0 N–H and O–H groups in total. The van der Waals surface area contributed by atoms with Gasteiger partial charge in [0.15, 0.2) is 11.6 Å². The van der Waals surface area contributed by atoms with Crippen molar-refractivity contribution in [3.8, 4) is 23.0 Å². The van der Waals surface area contributed by atoms with Crippen LogP contribution in [0, 0.1) is 6.92 Å². The van der Waals surface area contributed by atoms with Crippen LogP contribution in [0.25, 0.3) is 23.0 Å². The van der Waals surface area contributed by atoms with Crippen LogP contribution in [0.3, 0.4) is 0 Å². The second-order valence-corrected chi connectivity index (χ2v) is 7.61. The number of aryl methyl sites for hydroxylation is 1. The Kier molecular flexibility index (Phi) is 4.30. The predicted octanol–water partition coefficient (Wildman–Crippen LogP) is 3.29. The van der Waals surface area contributed by atoms with Crippen molar-refractivity contribution >= 4 is 5.82 Å². The molecule has 0 fully saturated rings. The normalized spacial score (nSPS) is 15.4. The summed E-state index contributed by atoms with van der Waals surface area (Å²) in [4.78, 5) is 20.7. The zero-order valence-corrected chi connectivity index (χ0v) is 17.4. The average Bonchev–Trinajstić information content (AvgIpc) is 3.40. The maximum atomic E-state index is 5.00. The van der Waals surface area contributed by atoms with Crippen LogP contribution in [0.15, 0.2) is 43.1 Å². The van der Waals surface area contributed by atoms with E-state index in [9.17, 15) is 0 Å². The molecule has 0 amide bonds. The SMILES string of the molecule is CC[C@@H]1c2nnc(C)n2-c2cnc(-n3ccnc3-c3cccnc3)nc2N1C(C)C. The summed E-state index contributed by atoms with van der Waals surface area (Å²) in [6.07, 6.45) is 9.92. The molecule has 1 atom stereocenters. The van der Waals surface area contributed by atoms with E-state index in [4.69, 9.17) is 4.98 Å². The summed E-state index contributed by atoms with van der Waals surface area (Å²) in [6, 6.07) is 4.21. The third-order valence-electron chi connectivity index (χ3n) is 5.43. The Morgan fingerprint density at radius 3 is 2.70 bits per heavy atom. The van der Waals surface area contributed by atoms with E-state index in [0.29, 0.717) is 5.95 Å². The first-order valence-corrected chi connectivity index (χ1v) is 10.1. The van der Waals surface area contributed by atoms with Crippen molar-refractivity contribution in [3.63, 3.8) is 0 Å². The molecule has 0 saturated carbocycles. The van der Waals surface area contributed by atoms with Crippen molar-refractivity contribution in [2.75, 3.05) is 4.90 Å². The number of hydrogen-bond acceptors (Lipinski definition) is 7. The zero-order chi connectivity index (χ0) is 20.8. The van der Waals surface area contributed by atoms with E-state index >= 15 is 0 Å². The van der Waals surface area contributed by atoms with E-state index < -0.39 is 0 Å². The minimum atomic E-state index is 0.0991. The van der Waals surface area contributed by atoms with E-state index in [-0.39, 0.29) is 12.1 Å². The molecule has 30 heavy (non-hydrogen) atoms. The van der Waals surface area contributed by atoms with Crippen molar-refractivity contribution in [2.24, 2.45) is 0 Å². The van der Waals surface area contributed by atoms with E-state index in [1.807, 2.05) is 36.0 Å². The van der Waals surface area contributed by atoms with Gasteiger partial charge in [0.05, 0.1) is 12.2 Å². The molecule has 152 valence electrons. The van der Waals surface area contributed by atoms with Gasteiger partial charge in [0.1, 0.15) is 17.3 Å². The van der Waals surface area contributed by atoms with E-state index in [0.717, 1.165) is 41.0 Å². The van der Waals surface area contributed by atoms with Gasteiger partial charge >= 0.3 is 0 Å². The van der Waals surface area contributed by atoms with Gasteiger partial charge in [0.25, 0.3) is 0 Å². The molecule has 0 aliphatic carbocycles. The van der Waals surface area contributed by atoms with Gasteiger partial charge in [0.2, 0.25) is 5.95 Å². The molecule has 0 aromatic carbocycles. The van der Waals surface area contributed by atoms with Crippen molar-refractivity contribution in [1.82, 2.24) is 39.3 Å². The van der Waals surface area contributed by atoms with Crippen LogP contribution in [-0.2, 0) is 0 Å². The first-order valence-electron chi connectivity index (χ1n) is 10.1. The summed E-state index contributed by atoms with van der Waals surface area (Å²) in [5, 5.41) is 8.78. The smallest absolute Gasteiger partial charge is 0.237 e. The Labute approximate surface area is 174 Å². The van der Waals surface area contributed by atoms with Gasteiger partial charge in [-0.3, -0.25) is 14.1 Å². The van der Waals surface area contributed by atoms with E-state index in [1.54, 1.807) is 18.6 Å². The molecule has 0 saturated heterocycles. The Morgan fingerprint density at radius 1 is 1.10 bits per heavy atom. The number of pyridine rings is 1. The highest BCUT2D eigenvalue weighted by molar-refractivity contribution is 5.64. The lowest BCUT2D eigenvalue weighted by molar-refractivity contribution is 0.496. The molecule has 9 nitrogen and oxygen atoms in total. The van der Waals surface area contributed by atoms with Gasteiger partial charge in [-0.05, 0) is 39.3 Å². The summed E-state index contributed by atoms with van der Waals surface area (Å²) >= 11 is 0. The molecular formula is C21H23N9. The Hall–Kier alpha value is -3.62. The maximum absolute atomic E-state index is 5.00. The number of nitrogens with zero attached hydrogens (tertiary/aromatic N) is 9. The molecule has 1 aliphatic heterocycles. The number of aromatic nitrogens is 8. The molecule has 5 heterocycles. The fourth-order valence-corrected chi connectivity index (χ4v) is 4.14. The zero-order valence-electron chi connectivity index (χ0n) is 17.4. The standard InChI is InChI=1S/C21H23N9/c1-5-16-20-27-26-14(4)30(20)17-12-24-21(25-19(17)29(16)13(2)3)28-10-9-23-18(28)15-7-6-8-22-11-15/h6-13,16H,5H2,1-4H3/t16-/m1/s1. The van der Waals surface area contributed by atoms with Crippen molar-refractivity contribution in [1.29, 1.82) is 0 Å². The fraction of sp³-hybridized carbons (Fsp3) is 0.333. The van der Waals surface area contributed by atoms with Crippen LogP contribution < -0.4 is 4.90 Å². The Bertz CT molecular complexity index is 1190. The Morgan fingerprint density at radius 2 is 1.97 bits per heavy atom. The number of imidazole rings is 1. The summed E-state index contributed by atoms with van der Waals surface area (Å²) in [7, 11) is 0. The second kappa shape index (κ2) is 7.01. The summed E-state index contributed by atoms with van der Waals surface area (Å²) in [5.41, 5.74) is 1.81. The maximum Gasteiger partial charge on any atom is 0.237 e. The molecule has 0 spiro atoms. The van der Waals surface area contributed by atoms with Crippen LogP contribution in [-0.4, -0.2) is 45.3 Å². The molecular weight excluding hydrogens is 378 g/mol. The van der Waals surface area contributed by atoms with Crippen LogP contribution in [0.2, 0.25) is 0 Å². The third kappa shape index (κ3) is 2.69. The van der Waals surface area contributed by atoms with E-state index in [1.165, 1.54) is 0 Å².